The van der Waals surface area contributed by atoms with Crippen LogP contribution in [0.1, 0.15) is 13.8 Å². The first-order valence-corrected chi connectivity index (χ1v) is 5.46. The molecule has 0 bridgehead atoms. The number of aromatic nitrogens is 1. The highest BCUT2D eigenvalue weighted by molar-refractivity contribution is 7.93. The lowest BCUT2D eigenvalue weighted by Crippen LogP contribution is -2.29. The second-order valence-electron chi connectivity index (χ2n) is 3.31. The Hall–Kier alpha value is -1.41. The Bertz CT molecular complexity index is 457. The molecule has 0 unspecified atom stereocenters. The molecular formula is C9H10N2O2S. The Morgan fingerprint density at radius 2 is 2.14 bits per heavy atom. The molecule has 0 aliphatic heterocycles. The van der Waals surface area contributed by atoms with Gasteiger partial charge in [-0.15, -0.1) is 0 Å². The van der Waals surface area contributed by atoms with Crippen LogP contribution in [0.4, 0.5) is 0 Å². The van der Waals surface area contributed by atoms with Crippen LogP contribution in [0.5, 0.6) is 0 Å². The first-order valence-electron chi connectivity index (χ1n) is 3.98. The molecule has 4 nitrogen and oxygen atoms in total. The van der Waals surface area contributed by atoms with Gasteiger partial charge in [-0.3, -0.25) is 4.98 Å². The molecule has 0 atom stereocenters. The van der Waals surface area contributed by atoms with E-state index in [1.165, 1.54) is 38.4 Å². The van der Waals surface area contributed by atoms with Crippen LogP contribution >= 0.6 is 0 Å². The van der Waals surface area contributed by atoms with Crippen molar-refractivity contribution in [1.82, 2.24) is 4.98 Å². The highest BCUT2D eigenvalue weighted by Crippen LogP contribution is 2.23. The average Bonchev–Trinajstić information content (AvgIpc) is 2.19. The first-order chi connectivity index (χ1) is 6.42. The van der Waals surface area contributed by atoms with Crippen LogP contribution in [-0.4, -0.2) is 18.1 Å². The van der Waals surface area contributed by atoms with Gasteiger partial charge in [-0.05, 0) is 26.0 Å². The van der Waals surface area contributed by atoms with E-state index >= 15 is 0 Å². The van der Waals surface area contributed by atoms with Gasteiger partial charge >= 0.3 is 0 Å². The Labute approximate surface area is 83.1 Å². The number of rotatable bonds is 2. The van der Waals surface area contributed by atoms with Crippen LogP contribution in [-0.2, 0) is 9.84 Å². The fraction of sp³-hybridized carbons (Fsp3) is 0.333. The van der Waals surface area contributed by atoms with Crippen molar-refractivity contribution >= 4 is 9.84 Å². The van der Waals surface area contributed by atoms with E-state index in [0.717, 1.165) is 0 Å². The summed E-state index contributed by atoms with van der Waals surface area (Å²) in [5, 5.41) is 8.74. The van der Waals surface area contributed by atoms with Crippen molar-refractivity contribution in [2.24, 2.45) is 0 Å². The average molecular weight is 210 g/mol. The number of hydrogen-bond donors (Lipinski definition) is 0. The van der Waals surface area contributed by atoms with Crippen molar-refractivity contribution in [2.75, 3.05) is 0 Å². The topological polar surface area (TPSA) is 70.8 Å². The van der Waals surface area contributed by atoms with Gasteiger partial charge in [0, 0.05) is 12.4 Å². The molecule has 5 heteroatoms. The summed E-state index contributed by atoms with van der Waals surface area (Å²) in [6, 6.07) is 4.72. The molecule has 0 fully saturated rings. The molecule has 0 N–H and O–H groups in total. The zero-order valence-corrected chi connectivity index (χ0v) is 8.75. The van der Waals surface area contributed by atoms with Crippen molar-refractivity contribution in [1.29, 1.82) is 5.26 Å². The van der Waals surface area contributed by atoms with Crippen LogP contribution in [0.25, 0.3) is 0 Å². The molecule has 1 aromatic heterocycles. The normalized spacial score (nSPS) is 12.1. The number of sulfone groups is 1. The van der Waals surface area contributed by atoms with Gasteiger partial charge in [0.25, 0.3) is 0 Å². The van der Waals surface area contributed by atoms with E-state index in [4.69, 9.17) is 5.26 Å². The lowest BCUT2D eigenvalue weighted by Gasteiger charge is -2.15. The lowest BCUT2D eigenvalue weighted by atomic mass is 10.2. The molecule has 0 radical (unpaired) electrons. The molecule has 0 saturated heterocycles. The third-order valence-electron chi connectivity index (χ3n) is 1.89. The summed E-state index contributed by atoms with van der Waals surface area (Å²) in [6.07, 6.45) is 2.73. The highest BCUT2D eigenvalue weighted by Gasteiger charge is 2.35. The summed E-state index contributed by atoms with van der Waals surface area (Å²) in [6.45, 7) is 2.74. The van der Waals surface area contributed by atoms with E-state index in [-0.39, 0.29) is 4.90 Å². The minimum Gasteiger partial charge on any atom is -0.263 e. The molecule has 74 valence electrons. The van der Waals surface area contributed by atoms with E-state index in [1.807, 2.05) is 0 Å². The summed E-state index contributed by atoms with van der Waals surface area (Å²) in [7, 11) is -3.61. The van der Waals surface area contributed by atoms with Crippen molar-refractivity contribution in [3.8, 4) is 6.07 Å². The molecule has 1 aromatic rings. The van der Waals surface area contributed by atoms with E-state index in [1.54, 1.807) is 6.07 Å². The smallest absolute Gasteiger partial charge is 0.198 e. The maximum Gasteiger partial charge on any atom is 0.198 e. The fourth-order valence-electron chi connectivity index (χ4n) is 0.861. The molecule has 0 spiro atoms. The third kappa shape index (κ3) is 1.61. The van der Waals surface area contributed by atoms with E-state index < -0.39 is 14.6 Å². The van der Waals surface area contributed by atoms with Gasteiger partial charge in [0.05, 0.1) is 11.0 Å². The lowest BCUT2D eigenvalue weighted by molar-refractivity contribution is 0.574. The maximum absolute atomic E-state index is 11.8. The number of nitrogens with zero attached hydrogens (tertiary/aromatic N) is 2. The second-order valence-corrected chi connectivity index (χ2v) is 5.81. The van der Waals surface area contributed by atoms with Crippen LogP contribution in [0.2, 0.25) is 0 Å². The fourth-order valence-corrected chi connectivity index (χ4v) is 2.03. The first kappa shape index (κ1) is 10.7. The summed E-state index contributed by atoms with van der Waals surface area (Å²) in [5.41, 5.74) is 0. The SMILES string of the molecule is CC(C)(C#N)S(=O)(=O)c1cccnc1. The van der Waals surface area contributed by atoms with Gasteiger partial charge in [-0.1, -0.05) is 0 Å². The van der Waals surface area contributed by atoms with Crippen LogP contribution < -0.4 is 0 Å². The quantitative estimate of drug-likeness (QED) is 0.734. The zero-order valence-electron chi connectivity index (χ0n) is 7.93. The highest BCUT2D eigenvalue weighted by atomic mass is 32.2. The van der Waals surface area contributed by atoms with Gasteiger partial charge in [0.1, 0.15) is 0 Å². The molecule has 1 rings (SSSR count). The Morgan fingerprint density at radius 1 is 1.50 bits per heavy atom. The molecule has 0 aliphatic rings. The minimum absolute atomic E-state index is 0.0755. The van der Waals surface area contributed by atoms with Crippen LogP contribution in [0.3, 0.4) is 0 Å². The minimum atomic E-state index is -3.61. The summed E-state index contributed by atoms with van der Waals surface area (Å²) in [4.78, 5) is 3.79. The monoisotopic (exact) mass is 210 g/mol. The maximum atomic E-state index is 11.8. The van der Waals surface area contributed by atoms with Crippen molar-refractivity contribution < 1.29 is 8.42 Å². The summed E-state index contributed by atoms with van der Waals surface area (Å²) >= 11 is 0. The zero-order chi connectivity index (χ0) is 10.8. The molecule has 0 saturated carbocycles. The predicted octanol–water partition coefficient (Wildman–Crippen LogP) is 1.16. The predicted molar refractivity (Wildman–Crippen MR) is 51.1 cm³/mol. The molecule has 0 aliphatic carbocycles. The van der Waals surface area contributed by atoms with Gasteiger partial charge in [-0.25, -0.2) is 8.42 Å². The number of nitriles is 1. The van der Waals surface area contributed by atoms with Crippen LogP contribution in [0, 0.1) is 11.3 Å². The number of hydrogen-bond acceptors (Lipinski definition) is 4. The Kier molecular flexibility index (Phi) is 2.58. The van der Waals surface area contributed by atoms with Crippen molar-refractivity contribution in [2.45, 2.75) is 23.5 Å². The summed E-state index contributed by atoms with van der Waals surface area (Å²) in [5.74, 6) is 0. The van der Waals surface area contributed by atoms with Gasteiger partial charge in [-0.2, -0.15) is 5.26 Å². The molecular weight excluding hydrogens is 200 g/mol. The van der Waals surface area contributed by atoms with E-state index in [0.29, 0.717) is 0 Å². The van der Waals surface area contributed by atoms with E-state index in [9.17, 15) is 8.42 Å². The second kappa shape index (κ2) is 3.39. The standard InChI is InChI=1S/C9H10N2O2S/c1-9(2,7-10)14(12,13)8-4-3-5-11-6-8/h3-6H,1-2H3. The molecule has 14 heavy (non-hydrogen) atoms. The van der Waals surface area contributed by atoms with Crippen molar-refractivity contribution in [3.05, 3.63) is 24.5 Å². The Balaban J connectivity index is 3.32. The van der Waals surface area contributed by atoms with E-state index in [2.05, 4.69) is 4.98 Å². The van der Waals surface area contributed by atoms with Gasteiger partial charge in [0.2, 0.25) is 0 Å². The largest absolute Gasteiger partial charge is 0.263 e. The number of pyridine rings is 1. The molecule has 0 amide bonds. The van der Waals surface area contributed by atoms with Crippen molar-refractivity contribution in [3.63, 3.8) is 0 Å². The Morgan fingerprint density at radius 3 is 2.57 bits per heavy atom. The summed E-state index contributed by atoms with van der Waals surface area (Å²) < 4.78 is 22.2. The van der Waals surface area contributed by atoms with Crippen LogP contribution in [0.15, 0.2) is 29.4 Å². The third-order valence-corrected chi connectivity index (χ3v) is 4.18. The molecule has 1 heterocycles. The van der Waals surface area contributed by atoms with Gasteiger partial charge < -0.3 is 0 Å². The molecule has 0 aromatic carbocycles. The van der Waals surface area contributed by atoms with Gasteiger partial charge in [0.15, 0.2) is 14.6 Å².